The molecule has 2 aromatic heterocycles. The molecule has 0 aliphatic heterocycles. The quantitative estimate of drug-likeness (QED) is 0.625. The standard InChI is InChI=1S/C22H27N3OS/c1-2-16-10-11-18(22(26)23-14-15-7-4-3-5-8-15)21-20(16)24-19(25-21)13-17-9-6-12-27-17/h6,9-12,15H,2-5,7-8,13-14H2,1H3,(H,23,26)(H,24,25). The Hall–Kier alpha value is -2.14. The summed E-state index contributed by atoms with van der Waals surface area (Å²) in [5.74, 6) is 1.57. The van der Waals surface area contributed by atoms with Gasteiger partial charge in [0.1, 0.15) is 5.82 Å². The maximum Gasteiger partial charge on any atom is 0.253 e. The zero-order chi connectivity index (χ0) is 18.6. The van der Waals surface area contributed by atoms with Gasteiger partial charge in [0.2, 0.25) is 0 Å². The van der Waals surface area contributed by atoms with E-state index in [4.69, 9.17) is 4.98 Å². The summed E-state index contributed by atoms with van der Waals surface area (Å²) in [6, 6.07) is 8.18. The molecule has 5 heteroatoms. The molecule has 4 nitrogen and oxygen atoms in total. The largest absolute Gasteiger partial charge is 0.352 e. The first kappa shape index (κ1) is 18.2. The number of aromatic nitrogens is 2. The van der Waals surface area contributed by atoms with Gasteiger partial charge in [-0.3, -0.25) is 4.79 Å². The van der Waals surface area contributed by atoms with Crippen LogP contribution in [-0.2, 0) is 12.8 Å². The van der Waals surface area contributed by atoms with Gasteiger partial charge in [0.05, 0.1) is 16.6 Å². The molecule has 1 aliphatic carbocycles. The predicted octanol–water partition coefficient (Wildman–Crippen LogP) is 5.09. The number of carbonyl (C=O) groups excluding carboxylic acids is 1. The molecule has 3 aromatic rings. The molecule has 1 aromatic carbocycles. The van der Waals surface area contributed by atoms with Crippen molar-refractivity contribution in [2.75, 3.05) is 6.54 Å². The smallest absolute Gasteiger partial charge is 0.253 e. The lowest BCUT2D eigenvalue weighted by atomic mass is 9.89. The summed E-state index contributed by atoms with van der Waals surface area (Å²) in [5.41, 5.74) is 3.71. The van der Waals surface area contributed by atoms with Crippen LogP contribution in [-0.4, -0.2) is 22.4 Å². The zero-order valence-corrected chi connectivity index (χ0v) is 16.7. The van der Waals surface area contributed by atoms with Crippen molar-refractivity contribution in [2.24, 2.45) is 5.92 Å². The van der Waals surface area contributed by atoms with E-state index in [0.29, 0.717) is 11.5 Å². The number of amides is 1. The molecule has 0 unspecified atom stereocenters. The number of carbonyl (C=O) groups is 1. The van der Waals surface area contributed by atoms with Crippen LogP contribution in [0.2, 0.25) is 0 Å². The molecule has 0 radical (unpaired) electrons. The summed E-state index contributed by atoms with van der Waals surface area (Å²) in [7, 11) is 0. The first-order valence-electron chi connectivity index (χ1n) is 10.1. The van der Waals surface area contributed by atoms with Gasteiger partial charge in [0, 0.05) is 17.8 Å². The van der Waals surface area contributed by atoms with Crippen LogP contribution in [0.5, 0.6) is 0 Å². The van der Waals surface area contributed by atoms with Crippen LogP contribution in [0.15, 0.2) is 29.6 Å². The van der Waals surface area contributed by atoms with Crippen molar-refractivity contribution in [1.82, 2.24) is 15.3 Å². The van der Waals surface area contributed by atoms with Gasteiger partial charge in [0.15, 0.2) is 0 Å². The SMILES string of the molecule is CCc1ccc(C(=O)NCC2CCCCC2)c2[nH]c(Cc3cccs3)nc12. The van der Waals surface area contributed by atoms with Crippen LogP contribution in [0.3, 0.4) is 0 Å². The molecule has 142 valence electrons. The lowest BCUT2D eigenvalue weighted by molar-refractivity contribution is 0.0945. The van der Waals surface area contributed by atoms with Crippen molar-refractivity contribution in [1.29, 1.82) is 0 Å². The lowest BCUT2D eigenvalue weighted by Gasteiger charge is -2.21. The molecule has 1 amide bonds. The minimum absolute atomic E-state index is 0.0135. The number of nitrogens with one attached hydrogen (secondary N) is 2. The Morgan fingerprint density at radius 3 is 2.85 bits per heavy atom. The highest BCUT2D eigenvalue weighted by Gasteiger charge is 2.19. The van der Waals surface area contributed by atoms with Gasteiger partial charge in [0.25, 0.3) is 5.91 Å². The van der Waals surface area contributed by atoms with Crippen LogP contribution in [0, 0.1) is 5.92 Å². The molecule has 1 aliphatic rings. The van der Waals surface area contributed by atoms with Crippen LogP contribution in [0.4, 0.5) is 0 Å². The molecular weight excluding hydrogens is 354 g/mol. The molecule has 2 heterocycles. The fourth-order valence-corrected chi connectivity index (χ4v) is 4.76. The number of benzene rings is 1. The molecule has 0 bridgehead atoms. The monoisotopic (exact) mass is 381 g/mol. The fraction of sp³-hybridized carbons (Fsp3) is 0.455. The van der Waals surface area contributed by atoms with Gasteiger partial charge in [-0.15, -0.1) is 11.3 Å². The highest BCUT2D eigenvalue weighted by atomic mass is 32.1. The number of aryl methyl sites for hydroxylation is 1. The molecule has 4 rings (SSSR count). The number of hydrogen-bond donors (Lipinski definition) is 2. The number of rotatable bonds is 6. The number of thiophene rings is 1. The summed E-state index contributed by atoms with van der Waals surface area (Å²) in [6.45, 7) is 2.91. The average molecular weight is 382 g/mol. The van der Waals surface area contributed by atoms with E-state index in [9.17, 15) is 4.79 Å². The lowest BCUT2D eigenvalue weighted by Crippen LogP contribution is -2.30. The van der Waals surface area contributed by atoms with Crippen LogP contribution >= 0.6 is 11.3 Å². The Kier molecular flexibility index (Phi) is 5.58. The van der Waals surface area contributed by atoms with Crippen molar-refractivity contribution in [3.63, 3.8) is 0 Å². The second-order valence-electron chi connectivity index (χ2n) is 7.50. The van der Waals surface area contributed by atoms with E-state index in [2.05, 4.69) is 34.7 Å². The number of fused-ring (bicyclic) bond motifs is 1. The summed E-state index contributed by atoms with van der Waals surface area (Å²) in [5, 5.41) is 5.25. The first-order valence-corrected chi connectivity index (χ1v) is 10.9. The van der Waals surface area contributed by atoms with Crippen LogP contribution < -0.4 is 5.32 Å². The van der Waals surface area contributed by atoms with Crippen LogP contribution in [0.25, 0.3) is 11.0 Å². The molecule has 0 atom stereocenters. The topological polar surface area (TPSA) is 57.8 Å². The van der Waals surface area contributed by atoms with E-state index in [0.717, 1.165) is 36.2 Å². The Morgan fingerprint density at radius 1 is 1.26 bits per heavy atom. The van der Waals surface area contributed by atoms with Crippen molar-refractivity contribution in [3.8, 4) is 0 Å². The minimum atomic E-state index is 0.0135. The fourth-order valence-electron chi connectivity index (χ4n) is 4.06. The number of nitrogens with zero attached hydrogens (tertiary/aromatic N) is 1. The Bertz CT molecular complexity index is 907. The maximum absolute atomic E-state index is 12.9. The normalized spacial score (nSPS) is 15.3. The summed E-state index contributed by atoms with van der Waals surface area (Å²) >= 11 is 1.73. The van der Waals surface area contributed by atoms with E-state index >= 15 is 0 Å². The maximum atomic E-state index is 12.9. The second kappa shape index (κ2) is 8.26. The molecule has 27 heavy (non-hydrogen) atoms. The molecule has 2 N–H and O–H groups in total. The highest BCUT2D eigenvalue weighted by molar-refractivity contribution is 7.09. The van der Waals surface area contributed by atoms with Gasteiger partial charge in [-0.2, -0.15) is 0 Å². The average Bonchev–Trinajstić information content (AvgIpc) is 3.36. The van der Waals surface area contributed by atoms with Gasteiger partial charge in [-0.1, -0.05) is 38.3 Å². The van der Waals surface area contributed by atoms with Gasteiger partial charge in [-0.05, 0) is 48.3 Å². The first-order chi connectivity index (χ1) is 13.2. The van der Waals surface area contributed by atoms with E-state index < -0.39 is 0 Å². The number of hydrogen-bond acceptors (Lipinski definition) is 3. The molecule has 1 saturated carbocycles. The zero-order valence-electron chi connectivity index (χ0n) is 15.9. The third-order valence-electron chi connectivity index (χ3n) is 5.60. The van der Waals surface area contributed by atoms with E-state index in [1.807, 2.05) is 12.1 Å². The molecule has 0 saturated heterocycles. The van der Waals surface area contributed by atoms with Gasteiger partial charge < -0.3 is 10.3 Å². The number of aromatic amines is 1. The minimum Gasteiger partial charge on any atom is -0.352 e. The summed E-state index contributed by atoms with van der Waals surface area (Å²) in [4.78, 5) is 22.4. The van der Waals surface area contributed by atoms with E-state index in [1.54, 1.807) is 11.3 Å². The number of H-pyrrole nitrogens is 1. The molecular formula is C22H27N3OS. The van der Waals surface area contributed by atoms with Crippen molar-refractivity contribution < 1.29 is 4.79 Å². The van der Waals surface area contributed by atoms with Crippen molar-refractivity contribution >= 4 is 28.3 Å². The second-order valence-corrected chi connectivity index (χ2v) is 8.54. The number of imidazole rings is 1. The Balaban J connectivity index is 1.57. The van der Waals surface area contributed by atoms with Crippen molar-refractivity contribution in [2.45, 2.75) is 51.9 Å². The van der Waals surface area contributed by atoms with Crippen LogP contribution in [0.1, 0.15) is 65.7 Å². The van der Waals surface area contributed by atoms with Gasteiger partial charge >= 0.3 is 0 Å². The van der Waals surface area contributed by atoms with E-state index in [-0.39, 0.29) is 5.91 Å². The molecule has 1 fully saturated rings. The van der Waals surface area contributed by atoms with Crippen molar-refractivity contribution in [3.05, 3.63) is 51.5 Å². The Labute approximate surface area is 164 Å². The predicted molar refractivity (Wildman–Crippen MR) is 112 cm³/mol. The summed E-state index contributed by atoms with van der Waals surface area (Å²) < 4.78 is 0. The third kappa shape index (κ3) is 4.08. The molecule has 0 spiro atoms. The van der Waals surface area contributed by atoms with E-state index in [1.165, 1.54) is 42.5 Å². The highest BCUT2D eigenvalue weighted by Crippen LogP contribution is 2.25. The van der Waals surface area contributed by atoms with Gasteiger partial charge in [-0.25, -0.2) is 4.98 Å². The Morgan fingerprint density at radius 2 is 2.11 bits per heavy atom. The third-order valence-corrected chi connectivity index (χ3v) is 6.48. The summed E-state index contributed by atoms with van der Waals surface area (Å²) in [6.07, 6.45) is 8.08.